The van der Waals surface area contributed by atoms with Crippen molar-refractivity contribution in [1.82, 2.24) is 0 Å². The van der Waals surface area contributed by atoms with Crippen molar-refractivity contribution in [2.75, 3.05) is 0 Å². The highest BCUT2D eigenvalue weighted by Crippen LogP contribution is 2.35. The Morgan fingerprint density at radius 2 is 2.13 bits per heavy atom. The van der Waals surface area contributed by atoms with Gasteiger partial charge in [-0.25, -0.2) is 0 Å². The summed E-state index contributed by atoms with van der Waals surface area (Å²) < 4.78 is 6.07. The van der Waals surface area contributed by atoms with Gasteiger partial charge in [0.15, 0.2) is 0 Å². The number of nitrogens with two attached hydrogens (primary N) is 1. The average molecular weight is 269 g/mol. The predicted octanol–water partition coefficient (Wildman–Crippen LogP) is 1.54. The highest BCUT2D eigenvalue weighted by molar-refractivity contribution is 9.10. The van der Waals surface area contributed by atoms with Gasteiger partial charge in [-0.15, -0.1) is 0 Å². The van der Waals surface area contributed by atoms with E-state index >= 15 is 0 Å². The number of ether oxygens (including phenoxy) is 1. The van der Waals surface area contributed by atoms with E-state index in [2.05, 4.69) is 20.9 Å². The largest absolute Gasteiger partial charge is 0.444 e. The lowest BCUT2D eigenvalue weighted by atomic mass is 9.95. The Balaban J connectivity index is 2.49. The van der Waals surface area contributed by atoms with E-state index in [1.54, 1.807) is 13.0 Å². The molecule has 0 fully saturated rings. The summed E-state index contributed by atoms with van der Waals surface area (Å²) in [6, 6.07) is 7.25. The van der Waals surface area contributed by atoms with Crippen LogP contribution >= 0.6 is 15.9 Å². The summed E-state index contributed by atoms with van der Waals surface area (Å²) in [5, 5.41) is 0. The molecular weight excluding hydrogens is 260 g/mol. The van der Waals surface area contributed by atoms with E-state index < -0.39 is 5.60 Å². The number of amidine groups is 1. The van der Waals surface area contributed by atoms with Crippen LogP contribution in [0.25, 0.3) is 0 Å². The quantitative estimate of drug-likeness (QED) is 0.840. The molecule has 2 rings (SSSR count). The standard InChI is InChI=1S/C10H9BrN2O2/c1-10(8(14)13-9(12)15-10)6-4-2-3-5-7(6)11/h2-5H,1H3,(H2,12,13,14). The molecule has 2 N–H and O–H groups in total. The Morgan fingerprint density at radius 3 is 2.67 bits per heavy atom. The third-order valence-corrected chi connectivity index (χ3v) is 3.01. The number of amides is 1. The first-order valence-electron chi connectivity index (χ1n) is 4.36. The van der Waals surface area contributed by atoms with Crippen molar-refractivity contribution in [3.05, 3.63) is 34.3 Å². The number of rotatable bonds is 1. The van der Waals surface area contributed by atoms with Crippen LogP contribution in [-0.4, -0.2) is 11.9 Å². The molecule has 4 nitrogen and oxygen atoms in total. The SMILES string of the molecule is CC1(c2ccccc2Br)OC(N)=NC1=O. The molecule has 0 aromatic heterocycles. The van der Waals surface area contributed by atoms with Crippen LogP contribution in [0.4, 0.5) is 0 Å². The van der Waals surface area contributed by atoms with Gasteiger partial charge in [0, 0.05) is 10.0 Å². The van der Waals surface area contributed by atoms with Crippen molar-refractivity contribution in [3.8, 4) is 0 Å². The van der Waals surface area contributed by atoms with Crippen LogP contribution in [0.3, 0.4) is 0 Å². The summed E-state index contributed by atoms with van der Waals surface area (Å²) in [4.78, 5) is 15.2. The summed E-state index contributed by atoms with van der Waals surface area (Å²) in [5.74, 6) is -0.382. The Morgan fingerprint density at radius 1 is 1.47 bits per heavy atom. The molecule has 0 saturated heterocycles. The summed E-state index contributed by atoms with van der Waals surface area (Å²) in [6.45, 7) is 1.65. The van der Waals surface area contributed by atoms with Crippen molar-refractivity contribution < 1.29 is 9.53 Å². The third-order valence-electron chi connectivity index (χ3n) is 2.32. The number of carbonyl (C=O) groups is 1. The van der Waals surface area contributed by atoms with Crippen molar-refractivity contribution >= 4 is 27.9 Å². The van der Waals surface area contributed by atoms with Crippen LogP contribution in [-0.2, 0) is 15.1 Å². The minimum atomic E-state index is -1.11. The Bertz CT molecular complexity index is 458. The van der Waals surface area contributed by atoms with Crippen molar-refractivity contribution in [1.29, 1.82) is 0 Å². The van der Waals surface area contributed by atoms with E-state index in [0.717, 1.165) is 10.0 Å². The number of benzene rings is 1. The van der Waals surface area contributed by atoms with Gasteiger partial charge in [0.25, 0.3) is 11.9 Å². The van der Waals surface area contributed by atoms with Crippen molar-refractivity contribution in [2.45, 2.75) is 12.5 Å². The molecule has 0 radical (unpaired) electrons. The Hall–Kier alpha value is -1.36. The van der Waals surface area contributed by atoms with Gasteiger partial charge in [-0.1, -0.05) is 34.1 Å². The van der Waals surface area contributed by atoms with Gasteiger partial charge in [-0.2, -0.15) is 4.99 Å². The van der Waals surface area contributed by atoms with Crippen LogP contribution in [0.15, 0.2) is 33.7 Å². The van der Waals surface area contributed by atoms with Crippen LogP contribution < -0.4 is 5.73 Å². The molecule has 1 heterocycles. The van der Waals surface area contributed by atoms with Gasteiger partial charge in [0.05, 0.1) is 0 Å². The normalized spacial score (nSPS) is 24.9. The fourth-order valence-electron chi connectivity index (χ4n) is 1.50. The number of hydrogen-bond donors (Lipinski definition) is 1. The first-order chi connectivity index (χ1) is 7.04. The van der Waals surface area contributed by atoms with E-state index in [4.69, 9.17) is 10.5 Å². The molecule has 0 spiro atoms. The Labute approximate surface area is 95.3 Å². The van der Waals surface area contributed by atoms with Gasteiger partial charge < -0.3 is 10.5 Å². The van der Waals surface area contributed by atoms with Crippen LogP contribution in [0.2, 0.25) is 0 Å². The molecule has 1 aromatic rings. The maximum Gasteiger partial charge on any atom is 0.298 e. The molecule has 1 unspecified atom stereocenters. The van der Waals surface area contributed by atoms with E-state index in [-0.39, 0.29) is 11.9 Å². The van der Waals surface area contributed by atoms with E-state index in [9.17, 15) is 4.79 Å². The number of hydrogen-bond acceptors (Lipinski definition) is 3. The van der Waals surface area contributed by atoms with Gasteiger partial charge in [-0.05, 0) is 13.0 Å². The summed E-state index contributed by atoms with van der Waals surface area (Å²) in [6.07, 6.45) is 0. The minimum absolute atomic E-state index is 0.0850. The lowest BCUT2D eigenvalue weighted by Gasteiger charge is -2.22. The fraction of sp³-hybridized carbons (Fsp3) is 0.200. The first kappa shape index (κ1) is 10.2. The molecule has 1 aliphatic heterocycles. The smallest absolute Gasteiger partial charge is 0.298 e. The van der Waals surface area contributed by atoms with Crippen LogP contribution in [0.1, 0.15) is 12.5 Å². The highest BCUT2D eigenvalue weighted by Gasteiger charge is 2.44. The molecule has 1 atom stereocenters. The summed E-state index contributed by atoms with van der Waals surface area (Å²) in [5.41, 5.74) is 4.99. The van der Waals surface area contributed by atoms with E-state index in [0.29, 0.717) is 0 Å². The second-order valence-electron chi connectivity index (χ2n) is 3.37. The zero-order valence-electron chi connectivity index (χ0n) is 8.03. The molecule has 1 aromatic carbocycles. The zero-order valence-corrected chi connectivity index (χ0v) is 9.61. The summed E-state index contributed by atoms with van der Waals surface area (Å²) in [7, 11) is 0. The third kappa shape index (κ3) is 1.52. The topological polar surface area (TPSA) is 64.7 Å². The van der Waals surface area contributed by atoms with Crippen molar-refractivity contribution in [2.24, 2.45) is 10.7 Å². The monoisotopic (exact) mass is 268 g/mol. The molecule has 1 amide bonds. The maximum absolute atomic E-state index is 11.6. The van der Waals surface area contributed by atoms with Gasteiger partial charge in [-0.3, -0.25) is 4.79 Å². The average Bonchev–Trinajstić information content (AvgIpc) is 2.42. The second kappa shape index (κ2) is 3.34. The van der Waals surface area contributed by atoms with Crippen LogP contribution in [0, 0.1) is 0 Å². The summed E-state index contributed by atoms with van der Waals surface area (Å²) >= 11 is 3.36. The second-order valence-corrected chi connectivity index (χ2v) is 4.22. The highest BCUT2D eigenvalue weighted by atomic mass is 79.9. The molecular formula is C10H9BrN2O2. The number of halogens is 1. The first-order valence-corrected chi connectivity index (χ1v) is 5.16. The zero-order chi connectivity index (χ0) is 11.1. The lowest BCUT2D eigenvalue weighted by Crippen LogP contribution is -2.32. The maximum atomic E-state index is 11.6. The van der Waals surface area contributed by atoms with E-state index in [1.165, 1.54) is 0 Å². The molecule has 5 heteroatoms. The van der Waals surface area contributed by atoms with Crippen molar-refractivity contribution in [3.63, 3.8) is 0 Å². The fourth-order valence-corrected chi connectivity index (χ4v) is 2.16. The number of nitrogens with zero attached hydrogens (tertiary/aromatic N) is 1. The molecule has 78 valence electrons. The number of aliphatic imine (C=N–C) groups is 1. The van der Waals surface area contributed by atoms with Gasteiger partial charge in [0.2, 0.25) is 5.60 Å². The number of carbonyl (C=O) groups excluding carboxylic acids is 1. The molecule has 15 heavy (non-hydrogen) atoms. The molecule has 0 aliphatic carbocycles. The molecule has 0 bridgehead atoms. The van der Waals surface area contributed by atoms with Crippen LogP contribution in [0.5, 0.6) is 0 Å². The van der Waals surface area contributed by atoms with E-state index in [1.807, 2.05) is 18.2 Å². The lowest BCUT2D eigenvalue weighted by molar-refractivity contribution is -0.130. The van der Waals surface area contributed by atoms with Gasteiger partial charge in [0.1, 0.15) is 0 Å². The Kier molecular flexibility index (Phi) is 2.26. The minimum Gasteiger partial charge on any atom is -0.444 e. The predicted molar refractivity (Wildman–Crippen MR) is 59.2 cm³/mol. The van der Waals surface area contributed by atoms with Gasteiger partial charge >= 0.3 is 0 Å². The molecule has 1 aliphatic rings. The molecule has 0 saturated carbocycles.